The highest BCUT2D eigenvalue weighted by Crippen LogP contribution is 2.28. The van der Waals surface area contributed by atoms with Crippen LogP contribution < -0.4 is 15.8 Å². The highest BCUT2D eigenvalue weighted by molar-refractivity contribution is 5.92. The molecule has 1 fully saturated rings. The Hall–Kier alpha value is -1.75. The number of methoxy groups -OCH3 is 1. The van der Waals surface area contributed by atoms with Crippen molar-refractivity contribution in [1.29, 1.82) is 0 Å². The molecule has 0 atom stereocenters. The van der Waals surface area contributed by atoms with E-state index >= 15 is 0 Å². The van der Waals surface area contributed by atoms with E-state index in [2.05, 4.69) is 10.3 Å². The average molecular weight is 277 g/mol. The lowest BCUT2D eigenvalue weighted by molar-refractivity contribution is 0.0132. The van der Waals surface area contributed by atoms with E-state index in [1.807, 2.05) is 24.3 Å². The van der Waals surface area contributed by atoms with Crippen molar-refractivity contribution in [2.24, 2.45) is 10.7 Å². The number of nitrogens with zero attached hydrogens (tertiary/aromatic N) is 1. The summed E-state index contributed by atoms with van der Waals surface area (Å²) in [5.41, 5.74) is 6.02. The summed E-state index contributed by atoms with van der Waals surface area (Å²) in [6.45, 7) is 0.363. The molecule has 0 bridgehead atoms. The van der Waals surface area contributed by atoms with Crippen molar-refractivity contribution < 1.29 is 9.84 Å². The second kappa shape index (κ2) is 6.61. The molecule has 1 aromatic carbocycles. The maximum Gasteiger partial charge on any atom is 0.193 e. The molecule has 2 rings (SSSR count). The number of ether oxygens (including phenoxy) is 1. The number of anilines is 1. The first-order valence-corrected chi connectivity index (χ1v) is 7.05. The van der Waals surface area contributed by atoms with Gasteiger partial charge in [0.05, 0.1) is 19.3 Å². The standard InChI is InChI=1S/C15H23N3O2/c1-20-13-7-5-12(6-8-13)18-14(16)17-11-15(19)9-3-2-4-10-15/h5-8,19H,2-4,9-11H2,1H3,(H3,16,17,18). The Labute approximate surface area is 119 Å². The van der Waals surface area contributed by atoms with Gasteiger partial charge >= 0.3 is 0 Å². The third-order valence-corrected chi connectivity index (χ3v) is 3.69. The fourth-order valence-corrected chi connectivity index (χ4v) is 2.46. The quantitative estimate of drug-likeness (QED) is 0.582. The topological polar surface area (TPSA) is 79.9 Å². The molecule has 0 radical (unpaired) electrons. The number of nitrogens with one attached hydrogen (secondary N) is 1. The monoisotopic (exact) mass is 277 g/mol. The lowest BCUT2D eigenvalue weighted by Gasteiger charge is -2.30. The normalized spacial score (nSPS) is 18.6. The highest BCUT2D eigenvalue weighted by Gasteiger charge is 2.28. The molecule has 1 aromatic rings. The van der Waals surface area contributed by atoms with Gasteiger partial charge in [0.25, 0.3) is 0 Å². The predicted molar refractivity (Wildman–Crippen MR) is 81.1 cm³/mol. The molecule has 5 nitrogen and oxygen atoms in total. The van der Waals surface area contributed by atoms with Crippen molar-refractivity contribution in [3.8, 4) is 5.75 Å². The maximum absolute atomic E-state index is 10.3. The van der Waals surface area contributed by atoms with Crippen molar-refractivity contribution in [3.63, 3.8) is 0 Å². The molecule has 1 aliphatic rings. The Balaban J connectivity index is 1.89. The van der Waals surface area contributed by atoms with Gasteiger partial charge in [-0.05, 0) is 37.1 Å². The third-order valence-electron chi connectivity index (χ3n) is 3.69. The third kappa shape index (κ3) is 4.13. The van der Waals surface area contributed by atoms with Crippen LogP contribution in [0.1, 0.15) is 32.1 Å². The Morgan fingerprint density at radius 1 is 1.30 bits per heavy atom. The SMILES string of the molecule is COc1ccc(NC(N)=NCC2(O)CCCCC2)cc1. The van der Waals surface area contributed by atoms with Gasteiger partial charge < -0.3 is 20.9 Å². The Morgan fingerprint density at radius 3 is 2.55 bits per heavy atom. The van der Waals surface area contributed by atoms with Crippen LogP contribution in [-0.4, -0.2) is 30.3 Å². The first-order valence-electron chi connectivity index (χ1n) is 7.05. The molecule has 0 aliphatic heterocycles. The predicted octanol–water partition coefficient (Wildman–Crippen LogP) is 2.12. The number of guanidine groups is 1. The molecular weight excluding hydrogens is 254 g/mol. The summed E-state index contributed by atoms with van der Waals surface area (Å²) in [6.07, 6.45) is 4.96. The van der Waals surface area contributed by atoms with Crippen LogP contribution in [0.4, 0.5) is 5.69 Å². The maximum atomic E-state index is 10.3. The molecule has 110 valence electrons. The molecule has 20 heavy (non-hydrogen) atoms. The van der Waals surface area contributed by atoms with Gasteiger partial charge in [-0.15, -0.1) is 0 Å². The van der Waals surface area contributed by atoms with Gasteiger partial charge in [-0.2, -0.15) is 0 Å². The minimum Gasteiger partial charge on any atom is -0.497 e. The summed E-state index contributed by atoms with van der Waals surface area (Å²) in [6, 6.07) is 7.45. The van der Waals surface area contributed by atoms with E-state index in [1.54, 1.807) is 7.11 Å². The number of aliphatic imine (C=N–C) groups is 1. The number of hydrogen-bond acceptors (Lipinski definition) is 3. The zero-order chi connectivity index (χ0) is 14.4. The summed E-state index contributed by atoms with van der Waals surface area (Å²) in [7, 11) is 1.63. The van der Waals surface area contributed by atoms with E-state index < -0.39 is 5.60 Å². The van der Waals surface area contributed by atoms with Gasteiger partial charge in [-0.3, -0.25) is 4.99 Å². The molecule has 0 heterocycles. The molecule has 1 aliphatic carbocycles. The van der Waals surface area contributed by atoms with Gasteiger partial charge in [-0.1, -0.05) is 19.3 Å². The van der Waals surface area contributed by atoms with E-state index in [0.29, 0.717) is 12.5 Å². The van der Waals surface area contributed by atoms with Crippen molar-refractivity contribution in [1.82, 2.24) is 0 Å². The van der Waals surface area contributed by atoms with E-state index in [4.69, 9.17) is 10.5 Å². The molecule has 0 unspecified atom stereocenters. The number of benzene rings is 1. The molecule has 0 aromatic heterocycles. The summed E-state index contributed by atoms with van der Waals surface area (Å²) in [5.74, 6) is 1.12. The summed E-state index contributed by atoms with van der Waals surface area (Å²) in [4.78, 5) is 4.26. The highest BCUT2D eigenvalue weighted by atomic mass is 16.5. The number of aliphatic hydroxyl groups is 1. The number of rotatable bonds is 4. The smallest absolute Gasteiger partial charge is 0.193 e. The molecule has 0 saturated heterocycles. The van der Waals surface area contributed by atoms with Crippen molar-refractivity contribution in [2.45, 2.75) is 37.7 Å². The van der Waals surface area contributed by atoms with Crippen molar-refractivity contribution in [3.05, 3.63) is 24.3 Å². The summed E-state index contributed by atoms with van der Waals surface area (Å²) < 4.78 is 5.09. The van der Waals surface area contributed by atoms with Crippen LogP contribution in [0.15, 0.2) is 29.3 Å². The van der Waals surface area contributed by atoms with Crippen LogP contribution in [0.2, 0.25) is 0 Å². The van der Waals surface area contributed by atoms with Crippen molar-refractivity contribution >= 4 is 11.6 Å². The number of nitrogens with two attached hydrogens (primary N) is 1. The van der Waals surface area contributed by atoms with Gasteiger partial charge in [0.2, 0.25) is 0 Å². The van der Waals surface area contributed by atoms with Gasteiger partial charge in [-0.25, -0.2) is 0 Å². The van der Waals surface area contributed by atoms with Crippen LogP contribution >= 0.6 is 0 Å². The fraction of sp³-hybridized carbons (Fsp3) is 0.533. The lowest BCUT2D eigenvalue weighted by atomic mass is 9.85. The van der Waals surface area contributed by atoms with E-state index in [9.17, 15) is 5.11 Å². The second-order valence-corrected chi connectivity index (χ2v) is 5.34. The van der Waals surface area contributed by atoms with Gasteiger partial charge in [0.15, 0.2) is 5.96 Å². The molecule has 5 heteroatoms. The van der Waals surface area contributed by atoms with E-state index in [0.717, 1.165) is 37.1 Å². The minimum absolute atomic E-state index is 0.328. The van der Waals surface area contributed by atoms with Crippen LogP contribution in [0, 0.1) is 0 Å². The lowest BCUT2D eigenvalue weighted by Crippen LogP contribution is -2.36. The average Bonchev–Trinajstić information content (AvgIpc) is 2.47. The van der Waals surface area contributed by atoms with Crippen LogP contribution in [0.5, 0.6) is 5.75 Å². The van der Waals surface area contributed by atoms with Crippen LogP contribution in [0.3, 0.4) is 0 Å². The zero-order valence-corrected chi connectivity index (χ0v) is 11.9. The van der Waals surface area contributed by atoms with Gasteiger partial charge in [0.1, 0.15) is 5.75 Å². The molecule has 1 saturated carbocycles. The molecular formula is C15H23N3O2. The van der Waals surface area contributed by atoms with E-state index in [1.165, 1.54) is 6.42 Å². The van der Waals surface area contributed by atoms with Crippen LogP contribution in [0.25, 0.3) is 0 Å². The first-order chi connectivity index (χ1) is 9.61. The van der Waals surface area contributed by atoms with Crippen LogP contribution in [-0.2, 0) is 0 Å². The summed E-state index contributed by atoms with van der Waals surface area (Å²) >= 11 is 0. The second-order valence-electron chi connectivity index (χ2n) is 5.34. The van der Waals surface area contributed by atoms with Gasteiger partial charge in [0, 0.05) is 5.69 Å². The Morgan fingerprint density at radius 2 is 1.95 bits per heavy atom. The van der Waals surface area contributed by atoms with Crippen molar-refractivity contribution in [2.75, 3.05) is 19.0 Å². The molecule has 4 N–H and O–H groups in total. The molecule has 0 amide bonds. The Bertz CT molecular complexity index is 451. The first kappa shape index (κ1) is 14.7. The molecule has 0 spiro atoms. The minimum atomic E-state index is -0.676. The fourth-order valence-electron chi connectivity index (χ4n) is 2.46. The number of hydrogen-bond donors (Lipinski definition) is 3. The Kier molecular flexibility index (Phi) is 4.84. The summed E-state index contributed by atoms with van der Waals surface area (Å²) in [5, 5.41) is 13.4. The zero-order valence-electron chi connectivity index (χ0n) is 11.9. The van der Waals surface area contributed by atoms with E-state index in [-0.39, 0.29) is 0 Å². The largest absolute Gasteiger partial charge is 0.497 e.